The average molecular weight is 397 g/mol. The molecule has 1 N–H and O–H groups in total. The van der Waals surface area contributed by atoms with Gasteiger partial charge in [0.15, 0.2) is 5.65 Å². The smallest absolute Gasteiger partial charge is 0.264 e. The molecule has 7 nitrogen and oxygen atoms in total. The first-order valence-electron chi connectivity index (χ1n) is 8.59. The molecule has 9 heteroatoms. The summed E-state index contributed by atoms with van der Waals surface area (Å²) in [4.78, 5) is 29.6. The Morgan fingerprint density at radius 2 is 2.04 bits per heavy atom. The van der Waals surface area contributed by atoms with Crippen LogP contribution in [-0.4, -0.2) is 31.8 Å². The van der Waals surface area contributed by atoms with Crippen LogP contribution in [0.2, 0.25) is 0 Å². The molecule has 3 heterocycles. The molecule has 3 aromatic heterocycles. The fourth-order valence-corrected chi connectivity index (χ4v) is 3.47. The Kier molecular flexibility index (Phi) is 4.98. The monoisotopic (exact) mass is 397 g/mol. The van der Waals surface area contributed by atoms with E-state index < -0.39 is 0 Å². The zero-order valence-corrected chi connectivity index (χ0v) is 15.5. The fraction of sp³-hybridized carbons (Fsp3) is 0.158. The lowest BCUT2D eigenvalue weighted by Gasteiger charge is -2.07. The molecule has 0 fully saturated rings. The fourth-order valence-electron chi connectivity index (χ4n) is 2.83. The lowest BCUT2D eigenvalue weighted by molar-refractivity contribution is 0.0956. The molecule has 28 heavy (non-hydrogen) atoms. The Labute approximate surface area is 163 Å². The number of halogens is 1. The van der Waals surface area contributed by atoms with E-state index >= 15 is 0 Å². The SMILES string of the molecule is O=C(NCCn1ncc2c(=O)n(Cc3ccc(F)cc3)cnc21)c1cccs1. The van der Waals surface area contributed by atoms with Gasteiger partial charge in [-0.2, -0.15) is 5.10 Å². The Morgan fingerprint density at radius 3 is 2.79 bits per heavy atom. The van der Waals surface area contributed by atoms with E-state index in [4.69, 9.17) is 0 Å². The number of nitrogens with zero attached hydrogens (tertiary/aromatic N) is 4. The summed E-state index contributed by atoms with van der Waals surface area (Å²) in [6.07, 6.45) is 2.93. The van der Waals surface area contributed by atoms with Gasteiger partial charge in [0.05, 0.1) is 24.2 Å². The van der Waals surface area contributed by atoms with E-state index in [1.807, 2.05) is 11.4 Å². The summed E-state index contributed by atoms with van der Waals surface area (Å²) in [7, 11) is 0. The van der Waals surface area contributed by atoms with Crippen LogP contribution in [0.3, 0.4) is 0 Å². The lowest BCUT2D eigenvalue weighted by atomic mass is 10.2. The van der Waals surface area contributed by atoms with Crippen LogP contribution < -0.4 is 10.9 Å². The highest BCUT2D eigenvalue weighted by Gasteiger charge is 2.11. The Morgan fingerprint density at radius 1 is 1.21 bits per heavy atom. The third kappa shape index (κ3) is 3.70. The standard InChI is InChI=1S/C19H16FN5O2S/c20-14-5-3-13(4-6-14)11-24-12-22-17-15(19(24)27)10-23-25(17)8-7-21-18(26)16-2-1-9-28-16/h1-6,9-10,12H,7-8,11H2,(H,21,26). The second-order valence-electron chi connectivity index (χ2n) is 6.14. The number of benzene rings is 1. The third-order valence-electron chi connectivity index (χ3n) is 4.24. The molecule has 4 rings (SSSR count). The van der Waals surface area contributed by atoms with Gasteiger partial charge in [0, 0.05) is 6.54 Å². The quantitative estimate of drug-likeness (QED) is 0.541. The van der Waals surface area contributed by atoms with Crippen molar-refractivity contribution >= 4 is 28.3 Å². The normalized spacial score (nSPS) is 11.0. The van der Waals surface area contributed by atoms with Gasteiger partial charge in [-0.05, 0) is 29.1 Å². The number of carbonyl (C=O) groups excluding carboxylic acids is 1. The summed E-state index contributed by atoms with van der Waals surface area (Å²) in [6, 6.07) is 9.55. The number of rotatable bonds is 6. The van der Waals surface area contributed by atoms with E-state index in [9.17, 15) is 14.0 Å². The second kappa shape index (κ2) is 7.73. The molecule has 0 aliphatic heterocycles. The molecule has 0 bridgehead atoms. The minimum absolute atomic E-state index is 0.138. The predicted molar refractivity (Wildman–Crippen MR) is 104 cm³/mol. The molecule has 0 aliphatic carbocycles. The van der Waals surface area contributed by atoms with Crippen molar-refractivity contribution in [3.8, 4) is 0 Å². The van der Waals surface area contributed by atoms with Crippen LogP contribution >= 0.6 is 11.3 Å². The van der Waals surface area contributed by atoms with Crippen LogP contribution in [0.1, 0.15) is 15.2 Å². The van der Waals surface area contributed by atoms with Gasteiger partial charge < -0.3 is 5.32 Å². The number of carbonyl (C=O) groups is 1. The molecule has 0 saturated heterocycles. The number of hydrogen-bond donors (Lipinski definition) is 1. The maximum atomic E-state index is 13.0. The van der Waals surface area contributed by atoms with E-state index in [2.05, 4.69) is 15.4 Å². The average Bonchev–Trinajstić information content (AvgIpc) is 3.36. The molecule has 0 spiro atoms. The van der Waals surface area contributed by atoms with Gasteiger partial charge in [0.25, 0.3) is 11.5 Å². The maximum Gasteiger partial charge on any atom is 0.264 e. The van der Waals surface area contributed by atoms with Gasteiger partial charge in [-0.1, -0.05) is 18.2 Å². The molecule has 142 valence electrons. The summed E-state index contributed by atoms with van der Waals surface area (Å²) in [5, 5.41) is 9.28. The number of amides is 1. The Bertz CT molecular complexity index is 1170. The first-order chi connectivity index (χ1) is 13.6. The summed E-state index contributed by atoms with van der Waals surface area (Å²) < 4.78 is 16.1. The van der Waals surface area contributed by atoms with Crippen molar-refractivity contribution in [2.24, 2.45) is 0 Å². The first-order valence-corrected chi connectivity index (χ1v) is 9.47. The molecule has 0 atom stereocenters. The van der Waals surface area contributed by atoms with Crippen molar-refractivity contribution in [1.82, 2.24) is 24.6 Å². The van der Waals surface area contributed by atoms with Crippen molar-refractivity contribution in [3.63, 3.8) is 0 Å². The molecular weight excluding hydrogens is 381 g/mol. The minimum Gasteiger partial charge on any atom is -0.349 e. The van der Waals surface area contributed by atoms with Gasteiger partial charge in [0.2, 0.25) is 0 Å². The summed E-state index contributed by atoms with van der Waals surface area (Å²) >= 11 is 1.37. The summed E-state index contributed by atoms with van der Waals surface area (Å²) in [5.41, 5.74) is 1.04. The lowest BCUT2D eigenvalue weighted by Crippen LogP contribution is -2.27. The second-order valence-corrected chi connectivity index (χ2v) is 7.09. The molecule has 0 radical (unpaired) electrons. The van der Waals surface area contributed by atoms with Gasteiger partial charge in [-0.3, -0.25) is 14.2 Å². The maximum absolute atomic E-state index is 13.0. The van der Waals surface area contributed by atoms with Crippen LogP contribution in [0, 0.1) is 5.82 Å². The summed E-state index contributed by atoms with van der Waals surface area (Å²) in [5.74, 6) is -0.460. The van der Waals surface area contributed by atoms with E-state index in [1.165, 1.54) is 40.6 Å². The number of fused-ring (bicyclic) bond motifs is 1. The number of aromatic nitrogens is 4. The van der Waals surface area contributed by atoms with Gasteiger partial charge in [0.1, 0.15) is 17.5 Å². The first kappa shape index (κ1) is 18.1. The molecule has 0 unspecified atom stereocenters. The molecule has 1 aromatic carbocycles. The van der Waals surface area contributed by atoms with E-state index in [0.29, 0.717) is 35.5 Å². The molecule has 1 amide bonds. The van der Waals surface area contributed by atoms with Crippen molar-refractivity contribution in [2.75, 3.05) is 6.54 Å². The molecular formula is C19H16FN5O2S. The molecule has 0 aliphatic rings. The zero-order chi connectivity index (χ0) is 19.5. The summed E-state index contributed by atoms with van der Waals surface area (Å²) in [6.45, 7) is 1.06. The van der Waals surface area contributed by atoms with Crippen LogP contribution in [0.5, 0.6) is 0 Å². The number of hydrogen-bond acceptors (Lipinski definition) is 5. The Balaban J connectivity index is 1.47. The van der Waals surface area contributed by atoms with Crippen molar-refractivity contribution in [1.29, 1.82) is 0 Å². The van der Waals surface area contributed by atoms with Crippen molar-refractivity contribution in [3.05, 3.63) is 80.9 Å². The van der Waals surface area contributed by atoms with E-state index in [1.54, 1.807) is 22.9 Å². The highest BCUT2D eigenvalue weighted by atomic mass is 32.1. The van der Waals surface area contributed by atoms with Crippen LogP contribution in [-0.2, 0) is 13.1 Å². The number of nitrogens with one attached hydrogen (secondary N) is 1. The van der Waals surface area contributed by atoms with Gasteiger partial charge in [-0.25, -0.2) is 14.1 Å². The highest BCUT2D eigenvalue weighted by Crippen LogP contribution is 2.09. The third-order valence-corrected chi connectivity index (χ3v) is 5.11. The Hall–Kier alpha value is -3.33. The predicted octanol–water partition coefficient (Wildman–Crippen LogP) is 2.27. The molecule has 0 saturated carbocycles. The van der Waals surface area contributed by atoms with Gasteiger partial charge >= 0.3 is 0 Å². The zero-order valence-electron chi connectivity index (χ0n) is 14.7. The van der Waals surface area contributed by atoms with Crippen LogP contribution in [0.4, 0.5) is 4.39 Å². The largest absolute Gasteiger partial charge is 0.349 e. The number of thiophene rings is 1. The van der Waals surface area contributed by atoms with Crippen LogP contribution in [0.25, 0.3) is 11.0 Å². The highest BCUT2D eigenvalue weighted by molar-refractivity contribution is 7.12. The van der Waals surface area contributed by atoms with E-state index in [0.717, 1.165) is 5.56 Å². The van der Waals surface area contributed by atoms with Crippen molar-refractivity contribution in [2.45, 2.75) is 13.1 Å². The van der Waals surface area contributed by atoms with Crippen molar-refractivity contribution < 1.29 is 9.18 Å². The topological polar surface area (TPSA) is 81.8 Å². The molecule has 4 aromatic rings. The minimum atomic E-state index is -0.322. The van der Waals surface area contributed by atoms with Gasteiger partial charge in [-0.15, -0.1) is 11.3 Å². The van der Waals surface area contributed by atoms with E-state index in [-0.39, 0.29) is 17.3 Å². The van der Waals surface area contributed by atoms with Crippen LogP contribution in [0.15, 0.2) is 59.1 Å².